The van der Waals surface area contributed by atoms with Crippen LogP contribution in [0.2, 0.25) is 5.02 Å². The van der Waals surface area contributed by atoms with Gasteiger partial charge in [-0.3, -0.25) is 28.1 Å². The molecule has 0 spiro atoms. The standard InChI is InChI=1S/C57H65ClN4O10S2/c1-8-60-50-30-27-43(73(66,67)68)36-47(50)56(3,4)52(60)19-13-9-14-20-53-57(5,6)48-37-44(74(69,70)71)28-31-51(48)61(53)33-17-11-15-21-54(64)59-32-16-10-12-18-41(63)34-45-38(2)62(49-29-26-42(72-7)35-46(45)49)55(65)39-22-24-40(58)25-23-39/h9,13-14,19-20,22-31,35-37H,8,10-12,15-18,21,32-34H2,1-7H3,(H2-,59,64,66,67,68,69,70,71)/p+1. The number of Topliss-reactive ketones (excluding diaryl/α,β-unsaturated/α-hetero) is 1. The molecule has 0 aliphatic carbocycles. The molecule has 2 aliphatic heterocycles. The smallest absolute Gasteiger partial charge is 0.294 e. The Morgan fingerprint density at radius 3 is 2.11 bits per heavy atom. The molecule has 7 rings (SSSR count). The van der Waals surface area contributed by atoms with Gasteiger partial charge in [-0.05, 0) is 143 Å². The quantitative estimate of drug-likeness (QED) is 0.0259. The normalized spacial score (nSPS) is 15.7. The zero-order chi connectivity index (χ0) is 53.8. The maximum absolute atomic E-state index is 13.7. The van der Waals surface area contributed by atoms with Crippen LogP contribution in [-0.2, 0) is 47.1 Å². The molecule has 0 fully saturated rings. The summed E-state index contributed by atoms with van der Waals surface area (Å²) in [6, 6.07) is 21.5. The van der Waals surface area contributed by atoms with Gasteiger partial charge >= 0.3 is 0 Å². The van der Waals surface area contributed by atoms with E-state index < -0.39 is 31.1 Å². The highest BCUT2D eigenvalue weighted by Crippen LogP contribution is 2.48. The third-order valence-corrected chi connectivity index (χ3v) is 16.3. The van der Waals surface area contributed by atoms with Crippen LogP contribution in [-0.4, -0.2) is 85.1 Å². The maximum atomic E-state index is 13.7. The molecule has 0 radical (unpaired) electrons. The first kappa shape index (κ1) is 55.6. The molecule has 14 nitrogen and oxygen atoms in total. The summed E-state index contributed by atoms with van der Waals surface area (Å²) in [5.41, 5.74) is 6.67. The van der Waals surface area contributed by atoms with Crippen molar-refractivity contribution < 1.29 is 49.6 Å². The van der Waals surface area contributed by atoms with Crippen LogP contribution in [0.15, 0.2) is 125 Å². The number of anilines is 1. The lowest BCUT2D eigenvalue weighted by Gasteiger charge is -2.25. The van der Waals surface area contributed by atoms with E-state index in [-0.39, 0.29) is 33.8 Å². The van der Waals surface area contributed by atoms with E-state index in [0.29, 0.717) is 72.9 Å². The van der Waals surface area contributed by atoms with E-state index in [2.05, 4.69) is 14.8 Å². The minimum absolute atomic E-state index is 0.0337. The third-order valence-electron chi connectivity index (χ3n) is 14.3. The van der Waals surface area contributed by atoms with E-state index in [9.17, 15) is 40.3 Å². The molecule has 3 N–H and O–H groups in total. The Labute approximate surface area is 440 Å². The average Bonchev–Trinajstić information content (AvgIpc) is 3.84. The summed E-state index contributed by atoms with van der Waals surface area (Å²) in [5, 5.41) is 4.34. The number of unbranched alkanes of at least 4 members (excludes halogenated alkanes) is 4. The second-order valence-corrected chi connectivity index (χ2v) is 23.2. The number of rotatable bonds is 22. The van der Waals surface area contributed by atoms with Crippen molar-refractivity contribution in [1.82, 2.24) is 9.88 Å². The molecular formula is C57H66ClN4O10S2+. The SMILES string of the molecule is CCN1C(=CC=CC=CC2=[N+](CCCCCC(=O)NCCCCCC(=O)Cc3c(C)n(C(=O)c4ccc(Cl)cc4)c4ccc(OC)cc34)c3ccc(S(=O)(=O)O)cc3C2(C)C)C(C)(C)c2cc(S(=O)(=O)O)ccc21. The fourth-order valence-corrected chi connectivity index (χ4v) is 11.5. The van der Waals surface area contributed by atoms with Crippen LogP contribution in [0.25, 0.3) is 10.9 Å². The van der Waals surface area contributed by atoms with Gasteiger partial charge in [-0.2, -0.15) is 21.4 Å². The number of allylic oxidation sites excluding steroid dienone is 6. The van der Waals surface area contributed by atoms with Crippen LogP contribution in [0.5, 0.6) is 5.75 Å². The van der Waals surface area contributed by atoms with E-state index >= 15 is 0 Å². The van der Waals surface area contributed by atoms with E-state index in [4.69, 9.17) is 16.3 Å². The van der Waals surface area contributed by atoms with Crippen LogP contribution < -0.4 is 15.0 Å². The summed E-state index contributed by atoms with van der Waals surface area (Å²) < 4.78 is 77.2. The number of likely N-dealkylation sites (N-methyl/N-ethyl adjacent to an activating group) is 1. The molecule has 17 heteroatoms. The number of hydrogen-bond donors (Lipinski definition) is 3. The first-order valence-electron chi connectivity index (χ1n) is 25.0. The van der Waals surface area contributed by atoms with E-state index in [1.165, 1.54) is 24.3 Å². The number of amides is 1. The Morgan fingerprint density at radius 1 is 0.770 bits per heavy atom. The van der Waals surface area contributed by atoms with Gasteiger partial charge in [0.15, 0.2) is 5.71 Å². The number of nitrogens with zero attached hydrogens (tertiary/aromatic N) is 3. The number of carbonyl (C=O) groups is 3. The summed E-state index contributed by atoms with van der Waals surface area (Å²) in [6.07, 6.45) is 15.0. The van der Waals surface area contributed by atoms with Crippen molar-refractivity contribution in [3.63, 3.8) is 0 Å². The summed E-state index contributed by atoms with van der Waals surface area (Å²) >= 11 is 6.07. The number of hydrogen-bond acceptors (Lipinski definition) is 9. The Kier molecular flexibility index (Phi) is 17.1. The van der Waals surface area contributed by atoms with Gasteiger partial charge in [0.05, 0.1) is 27.8 Å². The molecule has 0 saturated carbocycles. The minimum atomic E-state index is -4.44. The predicted octanol–water partition coefficient (Wildman–Crippen LogP) is 11.0. The summed E-state index contributed by atoms with van der Waals surface area (Å²) in [6.45, 7) is 13.7. The molecule has 0 saturated heterocycles. The number of ketones is 1. The van der Waals surface area contributed by atoms with Gasteiger partial charge in [-0.15, -0.1) is 0 Å². The maximum Gasteiger partial charge on any atom is 0.294 e. The number of methoxy groups -OCH3 is 1. The molecule has 392 valence electrons. The van der Waals surface area contributed by atoms with E-state index in [0.717, 1.165) is 70.5 Å². The van der Waals surface area contributed by atoms with Crippen LogP contribution in [0.4, 0.5) is 11.4 Å². The first-order valence-corrected chi connectivity index (χ1v) is 28.2. The van der Waals surface area contributed by atoms with E-state index in [1.807, 2.05) is 84.1 Å². The largest absolute Gasteiger partial charge is 0.497 e. The van der Waals surface area contributed by atoms with Crippen molar-refractivity contribution in [3.05, 3.63) is 148 Å². The fourth-order valence-electron chi connectivity index (χ4n) is 10.3. The first-order chi connectivity index (χ1) is 35.0. The molecule has 74 heavy (non-hydrogen) atoms. The molecule has 4 aromatic carbocycles. The van der Waals surface area contributed by atoms with Crippen LogP contribution in [0.3, 0.4) is 0 Å². The van der Waals surface area contributed by atoms with Gasteiger partial charge in [0.2, 0.25) is 11.6 Å². The van der Waals surface area contributed by atoms with Gasteiger partial charge in [0, 0.05) is 94.9 Å². The number of benzene rings is 4. The lowest BCUT2D eigenvalue weighted by Crippen LogP contribution is -2.28. The van der Waals surface area contributed by atoms with Crippen molar-refractivity contribution in [3.8, 4) is 5.75 Å². The average molecular weight is 1070 g/mol. The highest BCUT2D eigenvalue weighted by molar-refractivity contribution is 7.86. The number of nitrogens with one attached hydrogen (secondary N) is 1. The number of halogens is 1. The van der Waals surface area contributed by atoms with Crippen molar-refractivity contribution in [2.45, 2.75) is 120 Å². The molecule has 0 unspecified atom stereocenters. The Morgan fingerprint density at radius 2 is 1.43 bits per heavy atom. The highest BCUT2D eigenvalue weighted by atomic mass is 35.5. The van der Waals surface area contributed by atoms with Crippen molar-refractivity contribution in [2.75, 3.05) is 31.6 Å². The topological polar surface area (TPSA) is 192 Å². The lowest BCUT2D eigenvalue weighted by molar-refractivity contribution is -0.438. The van der Waals surface area contributed by atoms with Crippen LogP contribution in [0.1, 0.15) is 119 Å². The Hall–Kier alpha value is -6.17. The predicted molar refractivity (Wildman–Crippen MR) is 291 cm³/mol. The van der Waals surface area contributed by atoms with Gasteiger partial charge in [0.25, 0.3) is 26.1 Å². The number of fused-ring (bicyclic) bond motifs is 3. The van der Waals surface area contributed by atoms with Gasteiger partial charge < -0.3 is 15.0 Å². The van der Waals surface area contributed by atoms with Crippen molar-refractivity contribution in [1.29, 1.82) is 0 Å². The van der Waals surface area contributed by atoms with Gasteiger partial charge in [-0.1, -0.05) is 50.1 Å². The number of ether oxygens (including phenoxy) is 1. The molecule has 1 amide bonds. The zero-order valence-corrected chi connectivity index (χ0v) is 45.5. The second-order valence-electron chi connectivity index (χ2n) is 19.9. The fraction of sp³-hybridized carbons (Fsp3) is 0.368. The molecular weight excluding hydrogens is 1000 g/mol. The van der Waals surface area contributed by atoms with Crippen molar-refractivity contribution in [2.24, 2.45) is 0 Å². The van der Waals surface area contributed by atoms with Gasteiger partial charge in [-0.25, -0.2) is 0 Å². The second kappa shape index (κ2) is 22.7. The number of aromatic nitrogens is 1. The molecule has 0 bridgehead atoms. The van der Waals surface area contributed by atoms with Gasteiger partial charge in [0.1, 0.15) is 18.1 Å². The van der Waals surface area contributed by atoms with Crippen molar-refractivity contribution >= 4 is 77.4 Å². The lowest BCUT2D eigenvalue weighted by atomic mass is 9.81. The molecule has 2 aliphatic rings. The zero-order valence-electron chi connectivity index (χ0n) is 43.1. The third kappa shape index (κ3) is 12.0. The van der Waals surface area contributed by atoms with Crippen LogP contribution >= 0.6 is 11.6 Å². The molecule has 0 atom stereocenters. The summed E-state index contributed by atoms with van der Waals surface area (Å²) in [4.78, 5) is 41.7. The molecule has 5 aromatic rings. The summed E-state index contributed by atoms with van der Waals surface area (Å²) in [7, 11) is -7.24. The Bertz CT molecular complexity index is 3350. The van der Waals surface area contributed by atoms with E-state index in [1.54, 1.807) is 54.1 Å². The molecule has 3 heterocycles. The summed E-state index contributed by atoms with van der Waals surface area (Å²) in [5.74, 6) is 0.453. The Balaban J connectivity index is 0.909. The monoisotopic (exact) mass is 1070 g/mol. The van der Waals surface area contributed by atoms with Crippen LogP contribution in [0, 0.1) is 6.92 Å². The minimum Gasteiger partial charge on any atom is -0.497 e. The molecule has 1 aromatic heterocycles. The number of carbonyl (C=O) groups excluding carboxylic acids is 3. The highest BCUT2D eigenvalue weighted by Gasteiger charge is 2.45.